The van der Waals surface area contributed by atoms with E-state index in [-0.39, 0.29) is 30.6 Å². The van der Waals surface area contributed by atoms with Crippen LogP contribution in [0.1, 0.15) is 57.8 Å². The van der Waals surface area contributed by atoms with Crippen LogP contribution in [0.3, 0.4) is 0 Å². The minimum atomic E-state index is -2.15. The van der Waals surface area contributed by atoms with Crippen LogP contribution in [0.25, 0.3) is 0 Å². The molecule has 224 valence electrons. The lowest BCUT2D eigenvalue weighted by atomic mass is 9.44. The maximum absolute atomic E-state index is 14.4. The highest BCUT2D eigenvalue weighted by atomic mass is 16.8. The number of hydrogen-bond donors (Lipinski definition) is 4. The lowest BCUT2D eigenvalue weighted by molar-refractivity contribution is -0.345. The molecule has 1 aromatic carbocycles. The molecule has 4 aliphatic rings. The molecule has 1 heterocycles. The molecule has 2 bridgehead atoms. The van der Waals surface area contributed by atoms with Crippen LogP contribution in [0.5, 0.6) is 0 Å². The standard InChI is InChI=1S/C30H38O11/c1-15-19-20(32)22(33)28(5)17(31)12-18-29(14-39-18,41-25(35)38-6)21(28)23(40-24(34)16-10-8-7-9-11-16)30(37,26(19,2)3)13-27(15,4)36/h7-11,17-18,20-21,23,31-32,36-37H,12-14H2,1-6H3/t17-,18+,20+,21?,23-,27+,28+,29-,30+/m0/s1. The van der Waals surface area contributed by atoms with Crippen molar-refractivity contribution in [3.05, 3.63) is 47.0 Å². The number of ketones is 1. The second-order valence-electron chi connectivity index (χ2n) is 12.8. The second-order valence-corrected chi connectivity index (χ2v) is 12.8. The van der Waals surface area contributed by atoms with E-state index in [1.54, 1.807) is 39.0 Å². The third-order valence-electron chi connectivity index (χ3n) is 10.4. The van der Waals surface area contributed by atoms with Crippen LogP contribution in [-0.2, 0) is 23.7 Å². The van der Waals surface area contributed by atoms with Gasteiger partial charge in [-0.3, -0.25) is 4.79 Å². The highest BCUT2D eigenvalue weighted by Crippen LogP contribution is 2.64. The van der Waals surface area contributed by atoms with Gasteiger partial charge in [0.2, 0.25) is 0 Å². The number of benzene rings is 1. The highest BCUT2D eigenvalue weighted by Gasteiger charge is 2.78. The fourth-order valence-electron chi connectivity index (χ4n) is 7.83. The summed E-state index contributed by atoms with van der Waals surface area (Å²) in [6, 6.07) is 8.02. The number of aliphatic hydroxyl groups excluding tert-OH is 2. The van der Waals surface area contributed by atoms with E-state index in [1.807, 2.05) is 0 Å². The third kappa shape index (κ3) is 3.86. The molecule has 1 unspecified atom stereocenters. The van der Waals surface area contributed by atoms with Gasteiger partial charge in [0.15, 0.2) is 11.4 Å². The Labute approximate surface area is 238 Å². The Balaban J connectivity index is 1.83. The van der Waals surface area contributed by atoms with E-state index in [0.29, 0.717) is 5.57 Å². The molecule has 3 aliphatic carbocycles. The van der Waals surface area contributed by atoms with Crippen molar-refractivity contribution >= 4 is 17.9 Å². The molecule has 3 fully saturated rings. The first-order valence-electron chi connectivity index (χ1n) is 13.7. The molecule has 1 aliphatic heterocycles. The van der Waals surface area contributed by atoms with Crippen LogP contribution in [0, 0.1) is 16.7 Å². The largest absolute Gasteiger partial charge is 0.508 e. The molecular formula is C30H38O11. The molecule has 0 spiro atoms. The smallest absolute Gasteiger partial charge is 0.455 e. The first-order chi connectivity index (χ1) is 19.0. The van der Waals surface area contributed by atoms with Crippen molar-refractivity contribution in [3.8, 4) is 0 Å². The van der Waals surface area contributed by atoms with Gasteiger partial charge in [-0.05, 0) is 44.1 Å². The summed E-state index contributed by atoms with van der Waals surface area (Å²) in [5.41, 5.74) is -8.41. The van der Waals surface area contributed by atoms with Crippen LogP contribution in [-0.4, -0.2) is 93.3 Å². The zero-order valence-corrected chi connectivity index (χ0v) is 24.0. The summed E-state index contributed by atoms with van der Waals surface area (Å²) in [6.45, 7) is 7.39. The highest BCUT2D eigenvalue weighted by molar-refractivity contribution is 5.94. The Kier molecular flexibility index (Phi) is 6.75. The summed E-state index contributed by atoms with van der Waals surface area (Å²) < 4.78 is 22.5. The quantitative estimate of drug-likeness (QED) is 0.306. The predicted octanol–water partition coefficient (Wildman–Crippen LogP) is 1.69. The second kappa shape index (κ2) is 9.34. The average Bonchev–Trinajstić information content (AvgIpc) is 2.91. The van der Waals surface area contributed by atoms with Crippen LogP contribution in [0.4, 0.5) is 4.79 Å². The minimum Gasteiger partial charge on any atom is -0.455 e. The Bertz CT molecular complexity index is 1300. The number of carbonyl (C=O) groups is 3. The van der Waals surface area contributed by atoms with Gasteiger partial charge in [-0.15, -0.1) is 0 Å². The number of aliphatic hydroxyl groups is 4. The Morgan fingerprint density at radius 1 is 1.05 bits per heavy atom. The van der Waals surface area contributed by atoms with Crippen molar-refractivity contribution in [1.29, 1.82) is 0 Å². The molecule has 11 nitrogen and oxygen atoms in total. The van der Waals surface area contributed by atoms with Crippen molar-refractivity contribution in [3.63, 3.8) is 0 Å². The summed E-state index contributed by atoms with van der Waals surface area (Å²) in [7, 11) is 1.11. The fourth-order valence-corrected chi connectivity index (χ4v) is 7.83. The number of ether oxygens (including phenoxy) is 4. The Morgan fingerprint density at radius 3 is 2.24 bits per heavy atom. The SMILES string of the molecule is COC(=O)O[C@@]12CO[C@@H]1C[C@H](O)[C@@]1(C)C(=O)[C@H](O)C3=C(C)[C@](C)(O)C[C@@](O)([C@@H](OC(=O)c4ccccc4)C12)C3(C)C. The molecule has 0 radical (unpaired) electrons. The van der Waals surface area contributed by atoms with Crippen molar-refractivity contribution in [2.45, 2.75) is 88.7 Å². The number of Topliss-reactive ketones (excluding diaryl/α,β-unsaturated/α-hetero) is 1. The summed E-state index contributed by atoms with van der Waals surface area (Å²) in [5.74, 6) is -3.09. The van der Waals surface area contributed by atoms with Crippen molar-refractivity contribution < 1.29 is 53.8 Å². The molecule has 2 saturated carbocycles. The van der Waals surface area contributed by atoms with Gasteiger partial charge in [0.1, 0.15) is 23.9 Å². The summed E-state index contributed by atoms with van der Waals surface area (Å²) in [4.78, 5) is 40.7. The number of hydrogen-bond acceptors (Lipinski definition) is 11. The maximum Gasteiger partial charge on any atom is 0.508 e. The molecular weight excluding hydrogens is 536 g/mol. The van der Waals surface area contributed by atoms with Gasteiger partial charge in [0.05, 0.1) is 42.3 Å². The van der Waals surface area contributed by atoms with Gasteiger partial charge in [-0.25, -0.2) is 9.59 Å². The molecule has 1 saturated heterocycles. The van der Waals surface area contributed by atoms with Crippen LogP contribution in [0.15, 0.2) is 41.5 Å². The zero-order chi connectivity index (χ0) is 30.3. The Hall–Kier alpha value is -2.83. The van der Waals surface area contributed by atoms with Gasteiger partial charge in [0, 0.05) is 18.3 Å². The summed E-state index contributed by atoms with van der Waals surface area (Å²) >= 11 is 0. The molecule has 9 atom stereocenters. The van der Waals surface area contributed by atoms with Crippen LogP contribution in [0.2, 0.25) is 0 Å². The lowest BCUT2D eigenvalue weighted by Gasteiger charge is -2.67. The van der Waals surface area contributed by atoms with Gasteiger partial charge >= 0.3 is 12.1 Å². The topological polar surface area (TPSA) is 169 Å². The van der Waals surface area contributed by atoms with Crippen LogP contribution >= 0.6 is 0 Å². The van der Waals surface area contributed by atoms with E-state index in [4.69, 9.17) is 18.9 Å². The van der Waals surface area contributed by atoms with E-state index < -0.39 is 75.9 Å². The maximum atomic E-state index is 14.4. The lowest BCUT2D eigenvalue weighted by Crippen LogP contribution is -2.82. The molecule has 4 N–H and O–H groups in total. The predicted molar refractivity (Wildman–Crippen MR) is 142 cm³/mol. The van der Waals surface area contributed by atoms with Crippen molar-refractivity contribution in [2.75, 3.05) is 13.7 Å². The van der Waals surface area contributed by atoms with E-state index in [0.717, 1.165) is 7.11 Å². The average molecular weight is 575 g/mol. The summed E-state index contributed by atoms with van der Waals surface area (Å²) in [6.07, 6.45) is -7.48. The molecule has 11 heteroatoms. The normalized spacial score (nSPS) is 43.0. The van der Waals surface area contributed by atoms with E-state index in [9.17, 15) is 34.8 Å². The molecule has 0 aromatic heterocycles. The van der Waals surface area contributed by atoms with Crippen molar-refractivity contribution in [1.82, 2.24) is 0 Å². The van der Waals surface area contributed by atoms with Gasteiger partial charge < -0.3 is 39.4 Å². The first-order valence-corrected chi connectivity index (χ1v) is 13.7. The van der Waals surface area contributed by atoms with Gasteiger partial charge in [-0.1, -0.05) is 32.0 Å². The molecule has 41 heavy (non-hydrogen) atoms. The van der Waals surface area contributed by atoms with Gasteiger partial charge in [-0.2, -0.15) is 0 Å². The molecule has 5 rings (SSSR count). The molecule has 0 amide bonds. The zero-order valence-electron chi connectivity index (χ0n) is 24.0. The van der Waals surface area contributed by atoms with E-state index >= 15 is 0 Å². The molecule has 1 aromatic rings. The third-order valence-corrected chi connectivity index (χ3v) is 10.4. The van der Waals surface area contributed by atoms with E-state index in [1.165, 1.54) is 26.0 Å². The number of esters is 1. The fraction of sp³-hybridized carbons (Fsp3) is 0.633. The number of methoxy groups -OCH3 is 1. The van der Waals surface area contributed by atoms with Crippen molar-refractivity contribution in [2.24, 2.45) is 16.7 Å². The number of fused-ring (bicyclic) bond motifs is 5. The van der Waals surface area contributed by atoms with E-state index in [2.05, 4.69) is 0 Å². The van der Waals surface area contributed by atoms with Gasteiger partial charge in [0.25, 0.3) is 0 Å². The summed E-state index contributed by atoms with van der Waals surface area (Å²) in [5, 5.41) is 47.6. The Morgan fingerprint density at radius 2 is 1.68 bits per heavy atom. The minimum absolute atomic E-state index is 0.0730. The monoisotopic (exact) mass is 574 g/mol. The number of carbonyl (C=O) groups excluding carboxylic acids is 3. The first kappa shape index (κ1) is 29.7. The number of rotatable bonds is 3. The van der Waals surface area contributed by atoms with Crippen LogP contribution < -0.4 is 0 Å².